The Hall–Kier alpha value is -2.76. The molecule has 0 unspecified atom stereocenters. The summed E-state index contributed by atoms with van der Waals surface area (Å²) in [6.07, 6.45) is 9.50. The highest BCUT2D eigenvalue weighted by molar-refractivity contribution is 6.35. The van der Waals surface area contributed by atoms with Gasteiger partial charge in [0.05, 0.1) is 29.0 Å². The molecule has 0 fully saturated rings. The molecule has 1 aromatic carbocycles. The molecule has 0 radical (unpaired) electrons. The molecule has 2 aromatic rings. The van der Waals surface area contributed by atoms with Crippen LogP contribution in [0.3, 0.4) is 0 Å². The Labute approximate surface area is 216 Å². The van der Waals surface area contributed by atoms with Crippen LogP contribution in [0.25, 0.3) is 11.8 Å². The van der Waals surface area contributed by atoms with Crippen molar-refractivity contribution in [2.75, 3.05) is 13.7 Å². The standard InChI is InChI=1S/C28H30Cl2N2O3/c1-17-14-21(18(2)32(17)25-11-10-22(29)16-24(25)30)15-23-26(28(34)35-4)19(3)31(27(23)33)13-12-20-8-6-5-7-9-20/h8,10-11,14-16H,5-7,9,12-13H2,1-4H3/b23-15-. The Morgan fingerprint density at radius 3 is 2.57 bits per heavy atom. The van der Waals surface area contributed by atoms with Crippen LogP contribution in [0.2, 0.25) is 10.0 Å². The third kappa shape index (κ3) is 4.98. The predicted molar refractivity (Wildman–Crippen MR) is 141 cm³/mol. The molecule has 5 nitrogen and oxygen atoms in total. The number of rotatable bonds is 6. The van der Waals surface area contributed by atoms with Crippen molar-refractivity contribution in [3.63, 3.8) is 0 Å². The van der Waals surface area contributed by atoms with E-state index in [1.807, 2.05) is 37.5 Å². The lowest BCUT2D eigenvalue weighted by molar-refractivity contribution is -0.136. The Bertz CT molecular complexity index is 1280. The monoisotopic (exact) mass is 512 g/mol. The van der Waals surface area contributed by atoms with Crippen molar-refractivity contribution in [1.29, 1.82) is 0 Å². The number of methoxy groups -OCH3 is 1. The summed E-state index contributed by atoms with van der Waals surface area (Å²) in [5, 5.41) is 1.09. The van der Waals surface area contributed by atoms with E-state index in [9.17, 15) is 9.59 Å². The van der Waals surface area contributed by atoms with Gasteiger partial charge >= 0.3 is 5.97 Å². The topological polar surface area (TPSA) is 51.5 Å². The molecule has 35 heavy (non-hydrogen) atoms. The molecule has 4 rings (SSSR count). The molecule has 1 aliphatic heterocycles. The lowest BCUT2D eigenvalue weighted by Gasteiger charge is -2.20. The van der Waals surface area contributed by atoms with Gasteiger partial charge in [-0.3, -0.25) is 4.79 Å². The number of ether oxygens (including phenoxy) is 1. The number of aromatic nitrogens is 1. The zero-order valence-corrected chi connectivity index (χ0v) is 22.1. The first-order chi connectivity index (χ1) is 16.7. The minimum Gasteiger partial charge on any atom is -0.465 e. The summed E-state index contributed by atoms with van der Waals surface area (Å²) in [6.45, 7) is 6.30. The van der Waals surface area contributed by atoms with Gasteiger partial charge in [0.1, 0.15) is 0 Å². The van der Waals surface area contributed by atoms with E-state index in [1.54, 1.807) is 23.1 Å². The van der Waals surface area contributed by atoms with Crippen LogP contribution in [0.4, 0.5) is 0 Å². The fourth-order valence-corrected chi connectivity index (χ4v) is 5.50. The van der Waals surface area contributed by atoms with Gasteiger partial charge in [-0.2, -0.15) is 0 Å². The molecule has 0 N–H and O–H groups in total. The first-order valence-corrected chi connectivity index (χ1v) is 12.6. The number of hydrogen-bond donors (Lipinski definition) is 0. The van der Waals surface area contributed by atoms with Crippen molar-refractivity contribution >= 4 is 41.2 Å². The minimum absolute atomic E-state index is 0.173. The summed E-state index contributed by atoms with van der Waals surface area (Å²) in [5.74, 6) is -0.676. The van der Waals surface area contributed by atoms with E-state index in [0.717, 1.165) is 41.9 Å². The Balaban J connectivity index is 1.72. The van der Waals surface area contributed by atoms with Gasteiger partial charge in [-0.15, -0.1) is 0 Å². The lowest BCUT2D eigenvalue weighted by atomic mass is 9.97. The van der Waals surface area contributed by atoms with Gasteiger partial charge in [-0.05, 0) is 88.8 Å². The van der Waals surface area contributed by atoms with Gasteiger partial charge in [-0.25, -0.2) is 4.79 Å². The molecule has 7 heteroatoms. The van der Waals surface area contributed by atoms with E-state index in [2.05, 4.69) is 6.08 Å². The molecule has 184 valence electrons. The zero-order chi connectivity index (χ0) is 25.3. The van der Waals surface area contributed by atoms with Crippen molar-refractivity contribution < 1.29 is 14.3 Å². The molecule has 0 bridgehead atoms. The van der Waals surface area contributed by atoms with Gasteiger partial charge in [0, 0.05) is 28.7 Å². The summed E-state index contributed by atoms with van der Waals surface area (Å²) in [4.78, 5) is 28.0. The molecular formula is C28H30Cl2N2O3. The number of aryl methyl sites for hydroxylation is 1. The number of benzene rings is 1. The number of hydrogen-bond acceptors (Lipinski definition) is 3. The maximum absolute atomic E-state index is 13.5. The summed E-state index contributed by atoms with van der Waals surface area (Å²) in [6, 6.07) is 7.35. The Morgan fingerprint density at radius 2 is 1.91 bits per heavy atom. The second kappa shape index (κ2) is 10.5. The second-order valence-corrected chi connectivity index (χ2v) is 9.93. The Kier molecular flexibility index (Phi) is 7.58. The molecular weight excluding hydrogens is 483 g/mol. The molecule has 0 atom stereocenters. The highest BCUT2D eigenvalue weighted by Gasteiger charge is 2.37. The number of carbonyl (C=O) groups excluding carboxylic acids is 2. The maximum Gasteiger partial charge on any atom is 0.340 e. The van der Waals surface area contributed by atoms with E-state index in [-0.39, 0.29) is 5.91 Å². The van der Waals surface area contributed by atoms with Gasteiger partial charge in [-0.1, -0.05) is 34.9 Å². The summed E-state index contributed by atoms with van der Waals surface area (Å²) >= 11 is 12.6. The third-order valence-corrected chi connectivity index (χ3v) is 7.40. The molecule has 2 heterocycles. The van der Waals surface area contributed by atoms with Crippen molar-refractivity contribution in [3.8, 4) is 5.69 Å². The predicted octanol–water partition coefficient (Wildman–Crippen LogP) is 6.96. The van der Waals surface area contributed by atoms with Crippen molar-refractivity contribution in [3.05, 3.63) is 79.8 Å². The average Bonchev–Trinajstić information content (AvgIpc) is 3.24. The van der Waals surface area contributed by atoms with Crippen molar-refractivity contribution in [2.24, 2.45) is 0 Å². The maximum atomic E-state index is 13.5. The van der Waals surface area contributed by atoms with Crippen LogP contribution in [0, 0.1) is 13.8 Å². The van der Waals surface area contributed by atoms with Crippen LogP contribution in [0.1, 0.15) is 56.0 Å². The smallest absolute Gasteiger partial charge is 0.340 e. The number of carbonyl (C=O) groups is 2. The van der Waals surface area contributed by atoms with E-state index in [1.165, 1.54) is 25.5 Å². The Morgan fingerprint density at radius 1 is 1.14 bits per heavy atom. The van der Waals surface area contributed by atoms with E-state index < -0.39 is 5.97 Å². The fraction of sp³-hybridized carbons (Fsp3) is 0.357. The average molecular weight is 513 g/mol. The summed E-state index contributed by atoms with van der Waals surface area (Å²) in [5.41, 5.74) is 6.19. The van der Waals surface area contributed by atoms with E-state index in [4.69, 9.17) is 27.9 Å². The molecule has 0 spiro atoms. The molecule has 1 aliphatic carbocycles. The second-order valence-electron chi connectivity index (χ2n) is 9.08. The van der Waals surface area contributed by atoms with Gasteiger partial charge < -0.3 is 14.2 Å². The largest absolute Gasteiger partial charge is 0.465 e. The molecule has 1 aromatic heterocycles. The highest BCUT2D eigenvalue weighted by atomic mass is 35.5. The van der Waals surface area contributed by atoms with Crippen LogP contribution < -0.4 is 0 Å². The van der Waals surface area contributed by atoms with Gasteiger partial charge in [0.2, 0.25) is 0 Å². The van der Waals surface area contributed by atoms with Crippen molar-refractivity contribution in [1.82, 2.24) is 9.47 Å². The van der Waals surface area contributed by atoms with Crippen LogP contribution >= 0.6 is 23.2 Å². The fourth-order valence-electron chi connectivity index (χ4n) is 5.01. The first-order valence-electron chi connectivity index (χ1n) is 11.9. The van der Waals surface area contributed by atoms with E-state index >= 15 is 0 Å². The highest BCUT2D eigenvalue weighted by Crippen LogP contribution is 2.35. The number of halogens is 2. The molecule has 1 amide bonds. The number of allylic oxidation sites excluding steroid dienone is 2. The van der Waals surface area contributed by atoms with Crippen LogP contribution in [0.5, 0.6) is 0 Å². The SMILES string of the molecule is COC(=O)C1=C(C)N(CCC2=CCCCC2)C(=O)/C1=C\c1cc(C)n(-c2ccc(Cl)cc2Cl)c1C. The molecule has 2 aliphatic rings. The first kappa shape index (κ1) is 25.3. The quantitative estimate of drug-likeness (QED) is 0.238. The summed E-state index contributed by atoms with van der Waals surface area (Å²) in [7, 11) is 1.34. The van der Waals surface area contributed by atoms with Gasteiger partial charge in [0.15, 0.2) is 0 Å². The van der Waals surface area contributed by atoms with Crippen LogP contribution in [-0.4, -0.2) is 35.0 Å². The van der Waals surface area contributed by atoms with E-state index in [0.29, 0.717) is 33.4 Å². The lowest BCUT2D eigenvalue weighted by Crippen LogP contribution is -2.26. The number of amides is 1. The summed E-state index contributed by atoms with van der Waals surface area (Å²) < 4.78 is 7.08. The normalized spacial score (nSPS) is 17.4. The van der Waals surface area contributed by atoms with Crippen molar-refractivity contribution in [2.45, 2.75) is 52.9 Å². The van der Waals surface area contributed by atoms with Crippen LogP contribution in [-0.2, 0) is 14.3 Å². The van der Waals surface area contributed by atoms with Crippen LogP contribution in [0.15, 0.2) is 52.8 Å². The third-order valence-electron chi connectivity index (χ3n) is 6.86. The minimum atomic E-state index is -0.504. The number of esters is 1. The van der Waals surface area contributed by atoms with Gasteiger partial charge in [0.25, 0.3) is 5.91 Å². The molecule has 0 saturated heterocycles. The number of nitrogens with zero attached hydrogens (tertiary/aromatic N) is 2. The zero-order valence-electron chi connectivity index (χ0n) is 20.6. The molecule has 0 saturated carbocycles.